The first kappa shape index (κ1) is 21.3. The van der Waals surface area contributed by atoms with Crippen LogP contribution >= 0.6 is 0 Å². The summed E-state index contributed by atoms with van der Waals surface area (Å²) >= 11 is 0. The maximum atomic E-state index is 13.3. The molecule has 1 aliphatic heterocycles. The predicted octanol–water partition coefficient (Wildman–Crippen LogP) is 2.74. The predicted molar refractivity (Wildman–Crippen MR) is 129 cm³/mol. The highest BCUT2D eigenvalue weighted by atomic mass is 16.1. The molecule has 0 unspecified atom stereocenters. The number of carbonyl (C=O) groups excluding carboxylic acids is 1. The molecular weight excluding hydrogens is 418 g/mol. The topological polar surface area (TPSA) is 105 Å². The van der Waals surface area contributed by atoms with Gasteiger partial charge in [0.2, 0.25) is 5.95 Å². The van der Waals surface area contributed by atoms with Gasteiger partial charge in [-0.15, -0.1) is 0 Å². The van der Waals surface area contributed by atoms with Crippen LogP contribution in [0.5, 0.6) is 0 Å². The Kier molecular flexibility index (Phi) is 5.63. The molecule has 0 saturated carbocycles. The molecule has 0 amide bonds. The van der Waals surface area contributed by atoms with Crippen molar-refractivity contribution < 1.29 is 4.79 Å². The van der Waals surface area contributed by atoms with E-state index in [9.17, 15) is 9.59 Å². The molecule has 4 heterocycles. The zero-order valence-corrected chi connectivity index (χ0v) is 18.8. The van der Waals surface area contributed by atoms with Crippen LogP contribution in [0.25, 0.3) is 11.0 Å². The molecule has 1 fully saturated rings. The van der Waals surface area contributed by atoms with E-state index in [1.807, 2.05) is 18.3 Å². The van der Waals surface area contributed by atoms with E-state index >= 15 is 0 Å². The average molecular weight is 446 g/mol. The monoisotopic (exact) mass is 445 g/mol. The van der Waals surface area contributed by atoms with Crippen LogP contribution in [0.3, 0.4) is 0 Å². The normalized spacial score (nSPS) is 16.5. The van der Waals surface area contributed by atoms with Crippen LogP contribution in [0, 0.1) is 6.92 Å². The van der Waals surface area contributed by atoms with E-state index in [2.05, 4.69) is 37.7 Å². The average Bonchev–Trinajstić information content (AvgIpc) is 3.34. The van der Waals surface area contributed by atoms with E-state index in [-0.39, 0.29) is 22.9 Å². The van der Waals surface area contributed by atoms with Crippen molar-refractivity contribution in [3.8, 4) is 0 Å². The number of fused-ring (bicyclic) bond motifs is 1. The summed E-state index contributed by atoms with van der Waals surface area (Å²) in [5, 5.41) is 7.21. The second-order valence-electron chi connectivity index (χ2n) is 8.52. The van der Waals surface area contributed by atoms with E-state index < -0.39 is 0 Å². The first-order valence-electron chi connectivity index (χ1n) is 11.3. The molecule has 0 radical (unpaired) electrons. The van der Waals surface area contributed by atoms with Gasteiger partial charge in [-0.3, -0.25) is 14.2 Å². The highest BCUT2D eigenvalue weighted by Crippen LogP contribution is 2.28. The number of nitrogens with zero attached hydrogens (tertiary/aromatic N) is 5. The first-order chi connectivity index (χ1) is 16.0. The Labute approximate surface area is 191 Å². The number of hydrogen-bond acceptors (Lipinski definition) is 8. The summed E-state index contributed by atoms with van der Waals surface area (Å²) < 4.78 is 1.66. The summed E-state index contributed by atoms with van der Waals surface area (Å²) in [6, 6.07) is 3.88. The number of aryl methyl sites for hydroxylation is 1. The van der Waals surface area contributed by atoms with Gasteiger partial charge in [0.15, 0.2) is 5.78 Å². The van der Waals surface area contributed by atoms with E-state index in [1.54, 1.807) is 17.7 Å². The van der Waals surface area contributed by atoms with E-state index in [1.165, 1.54) is 6.92 Å². The lowest BCUT2D eigenvalue weighted by Gasteiger charge is -2.29. The van der Waals surface area contributed by atoms with Gasteiger partial charge in [0.25, 0.3) is 5.56 Å². The molecule has 0 bridgehead atoms. The quantitative estimate of drug-likeness (QED) is 0.456. The Bertz CT molecular complexity index is 1280. The standard InChI is InChI=1S/C24H27N7O2/c1-15-19-14-27-24(28-20-8-7-18(13-26-20)30-11-9-25-10-12-30)29-22(19)31(17-5-3-4-6-17)23(33)21(15)16(2)32/h3-4,7-8,13-14,17,25H,5-6,9-12H2,1-2H3,(H,26,27,28,29). The number of carbonyl (C=O) groups is 1. The molecule has 0 spiro atoms. The fourth-order valence-corrected chi connectivity index (χ4v) is 4.64. The molecule has 33 heavy (non-hydrogen) atoms. The van der Waals surface area contributed by atoms with Crippen molar-refractivity contribution in [1.82, 2.24) is 24.8 Å². The minimum absolute atomic E-state index is 0.0575. The van der Waals surface area contributed by atoms with Gasteiger partial charge in [0.1, 0.15) is 11.5 Å². The van der Waals surface area contributed by atoms with Crippen molar-refractivity contribution in [3.05, 3.63) is 58.2 Å². The van der Waals surface area contributed by atoms with Gasteiger partial charge in [-0.1, -0.05) is 12.2 Å². The van der Waals surface area contributed by atoms with Gasteiger partial charge < -0.3 is 15.5 Å². The van der Waals surface area contributed by atoms with Crippen LogP contribution in [0.4, 0.5) is 17.5 Å². The third-order valence-electron chi connectivity index (χ3n) is 6.38. The second-order valence-corrected chi connectivity index (χ2v) is 8.52. The van der Waals surface area contributed by atoms with Crippen LogP contribution in [-0.4, -0.2) is 51.5 Å². The molecule has 2 aliphatic rings. The Morgan fingerprint density at radius 1 is 1.12 bits per heavy atom. The molecule has 1 saturated heterocycles. The number of anilines is 3. The van der Waals surface area contributed by atoms with Crippen molar-refractivity contribution in [2.24, 2.45) is 0 Å². The van der Waals surface area contributed by atoms with Crippen molar-refractivity contribution in [3.63, 3.8) is 0 Å². The molecule has 9 nitrogen and oxygen atoms in total. The Morgan fingerprint density at radius 3 is 2.55 bits per heavy atom. The third kappa shape index (κ3) is 4.00. The zero-order chi connectivity index (χ0) is 22.9. The van der Waals surface area contributed by atoms with Crippen molar-refractivity contribution in [1.29, 1.82) is 0 Å². The second kappa shape index (κ2) is 8.74. The summed E-state index contributed by atoms with van der Waals surface area (Å²) in [5.41, 5.74) is 2.16. The maximum Gasteiger partial charge on any atom is 0.263 e. The van der Waals surface area contributed by atoms with Crippen LogP contribution < -0.4 is 21.1 Å². The number of pyridine rings is 2. The van der Waals surface area contributed by atoms with Crippen LogP contribution in [-0.2, 0) is 0 Å². The molecule has 3 aromatic heterocycles. The Morgan fingerprint density at radius 2 is 1.88 bits per heavy atom. The van der Waals surface area contributed by atoms with Crippen molar-refractivity contribution in [2.75, 3.05) is 36.4 Å². The molecule has 0 atom stereocenters. The number of allylic oxidation sites excluding steroid dienone is 2. The van der Waals surface area contributed by atoms with Gasteiger partial charge in [-0.25, -0.2) is 9.97 Å². The van der Waals surface area contributed by atoms with Crippen LogP contribution in [0.15, 0.2) is 41.5 Å². The smallest absolute Gasteiger partial charge is 0.263 e. The lowest BCUT2D eigenvalue weighted by molar-refractivity contribution is 0.101. The lowest BCUT2D eigenvalue weighted by atomic mass is 10.0. The SMILES string of the molecule is CC(=O)c1c(C)c2cnc(Nc3ccc(N4CCNCC4)cn3)nc2n(C2CC=CC2)c1=O. The highest BCUT2D eigenvalue weighted by molar-refractivity contribution is 5.99. The molecule has 1 aliphatic carbocycles. The number of piperazine rings is 1. The molecule has 3 aromatic rings. The fourth-order valence-electron chi connectivity index (χ4n) is 4.64. The van der Waals surface area contributed by atoms with Gasteiger partial charge in [0.05, 0.1) is 17.4 Å². The first-order valence-corrected chi connectivity index (χ1v) is 11.3. The number of rotatable bonds is 5. The molecule has 2 N–H and O–H groups in total. The number of nitrogens with one attached hydrogen (secondary N) is 2. The van der Waals surface area contributed by atoms with Crippen molar-refractivity contribution >= 4 is 34.3 Å². The zero-order valence-electron chi connectivity index (χ0n) is 18.8. The summed E-state index contributed by atoms with van der Waals surface area (Å²) in [6.07, 6.45) is 9.10. The summed E-state index contributed by atoms with van der Waals surface area (Å²) in [4.78, 5) is 41.5. The van der Waals surface area contributed by atoms with Gasteiger partial charge >= 0.3 is 0 Å². The number of hydrogen-bond donors (Lipinski definition) is 2. The molecular formula is C24H27N7O2. The fraction of sp³-hybridized carbons (Fsp3) is 0.375. The van der Waals surface area contributed by atoms with E-state index in [4.69, 9.17) is 4.98 Å². The summed E-state index contributed by atoms with van der Waals surface area (Å²) in [6.45, 7) is 7.06. The Hall–Kier alpha value is -3.59. The van der Waals surface area contributed by atoms with E-state index in [0.717, 1.165) is 44.7 Å². The molecule has 170 valence electrons. The van der Waals surface area contributed by atoms with Gasteiger partial charge in [-0.2, -0.15) is 4.98 Å². The minimum atomic E-state index is -0.288. The van der Waals surface area contributed by atoms with Gasteiger partial charge in [-0.05, 0) is 44.4 Å². The largest absolute Gasteiger partial charge is 0.368 e. The molecule has 9 heteroatoms. The minimum Gasteiger partial charge on any atom is -0.368 e. The van der Waals surface area contributed by atoms with Crippen LogP contribution in [0.2, 0.25) is 0 Å². The van der Waals surface area contributed by atoms with Crippen LogP contribution in [0.1, 0.15) is 41.7 Å². The Balaban J connectivity index is 1.51. The third-order valence-corrected chi connectivity index (χ3v) is 6.38. The molecule has 5 rings (SSSR count). The van der Waals surface area contributed by atoms with E-state index in [0.29, 0.717) is 28.4 Å². The summed E-state index contributed by atoms with van der Waals surface area (Å²) in [5.74, 6) is 0.746. The van der Waals surface area contributed by atoms with Gasteiger partial charge in [0, 0.05) is 43.8 Å². The van der Waals surface area contributed by atoms with Crippen molar-refractivity contribution in [2.45, 2.75) is 32.7 Å². The highest BCUT2D eigenvalue weighted by Gasteiger charge is 2.24. The number of ketones is 1. The maximum absolute atomic E-state index is 13.3. The lowest BCUT2D eigenvalue weighted by Crippen LogP contribution is -2.43. The molecule has 0 aromatic carbocycles. The number of aromatic nitrogens is 4. The number of Topliss-reactive ketones (excluding diaryl/α,β-unsaturated/α-hetero) is 1. The summed E-state index contributed by atoms with van der Waals surface area (Å²) in [7, 11) is 0.